The standard InChI is InChI=1S/C13H15BN2O3/c17-9-13(10-4-2-1-3-5-10)16-12-6-11(14(18)19)7-15-8-12/h1-8,13,16-19H,9H2/t13-/m0/s1. The van der Waals surface area contributed by atoms with E-state index in [0.717, 1.165) is 5.56 Å². The van der Waals surface area contributed by atoms with Gasteiger partial charge in [-0.15, -0.1) is 0 Å². The first-order chi connectivity index (χ1) is 9.20. The fourth-order valence-corrected chi connectivity index (χ4v) is 1.80. The highest BCUT2D eigenvalue weighted by molar-refractivity contribution is 6.58. The summed E-state index contributed by atoms with van der Waals surface area (Å²) >= 11 is 0. The van der Waals surface area contributed by atoms with Gasteiger partial charge in [-0.2, -0.15) is 0 Å². The van der Waals surface area contributed by atoms with Crippen LogP contribution in [0, 0.1) is 0 Å². The lowest BCUT2D eigenvalue weighted by Gasteiger charge is -2.18. The van der Waals surface area contributed by atoms with E-state index in [2.05, 4.69) is 10.3 Å². The van der Waals surface area contributed by atoms with Gasteiger partial charge < -0.3 is 20.5 Å². The van der Waals surface area contributed by atoms with Crippen LogP contribution in [0.4, 0.5) is 5.69 Å². The average molecular weight is 258 g/mol. The highest BCUT2D eigenvalue weighted by atomic mass is 16.4. The van der Waals surface area contributed by atoms with Crippen LogP contribution in [0.3, 0.4) is 0 Å². The predicted octanol–water partition coefficient (Wildman–Crippen LogP) is -0.0931. The van der Waals surface area contributed by atoms with Crippen molar-refractivity contribution in [2.24, 2.45) is 0 Å². The Hall–Kier alpha value is -1.89. The molecule has 0 bridgehead atoms. The molecular formula is C13H15BN2O3. The Kier molecular flexibility index (Phi) is 4.51. The van der Waals surface area contributed by atoms with Crippen molar-refractivity contribution >= 4 is 18.3 Å². The molecule has 4 N–H and O–H groups in total. The van der Waals surface area contributed by atoms with Crippen molar-refractivity contribution < 1.29 is 15.2 Å². The van der Waals surface area contributed by atoms with E-state index in [9.17, 15) is 5.11 Å². The zero-order valence-electron chi connectivity index (χ0n) is 10.3. The van der Waals surface area contributed by atoms with Crippen molar-refractivity contribution in [1.82, 2.24) is 4.98 Å². The Bertz CT molecular complexity index is 522. The molecule has 0 aliphatic rings. The molecule has 0 amide bonds. The quantitative estimate of drug-likeness (QED) is 0.563. The lowest BCUT2D eigenvalue weighted by Crippen LogP contribution is -2.30. The van der Waals surface area contributed by atoms with Crippen LogP contribution in [0.25, 0.3) is 0 Å². The first kappa shape index (κ1) is 13.5. The minimum absolute atomic E-state index is 0.0735. The summed E-state index contributed by atoms with van der Waals surface area (Å²) in [4.78, 5) is 3.92. The molecule has 0 radical (unpaired) electrons. The maximum atomic E-state index is 9.44. The minimum Gasteiger partial charge on any atom is -0.423 e. The summed E-state index contributed by atoms with van der Waals surface area (Å²) in [5, 5.41) is 30.7. The Labute approximate surface area is 111 Å². The van der Waals surface area contributed by atoms with E-state index in [1.54, 1.807) is 12.3 Å². The van der Waals surface area contributed by atoms with Crippen LogP contribution < -0.4 is 10.8 Å². The second kappa shape index (κ2) is 6.33. The number of pyridine rings is 1. The molecule has 2 aromatic rings. The summed E-state index contributed by atoms with van der Waals surface area (Å²) in [7, 11) is -1.56. The fraction of sp³-hybridized carbons (Fsp3) is 0.154. The van der Waals surface area contributed by atoms with Gasteiger partial charge in [-0.3, -0.25) is 4.98 Å². The van der Waals surface area contributed by atoms with E-state index in [0.29, 0.717) is 11.2 Å². The Balaban J connectivity index is 2.17. The van der Waals surface area contributed by atoms with Crippen LogP contribution in [0.1, 0.15) is 11.6 Å². The average Bonchev–Trinajstić information content (AvgIpc) is 2.46. The molecule has 0 unspecified atom stereocenters. The number of anilines is 1. The van der Waals surface area contributed by atoms with E-state index in [1.165, 1.54) is 6.20 Å². The largest absolute Gasteiger partial charge is 0.490 e. The summed E-state index contributed by atoms with van der Waals surface area (Å²) < 4.78 is 0. The number of aliphatic hydroxyl groups is 1. The number of nitrogens with zero attached hydrogens (tertiary/aromatic N) is 1. The van der Waals surface area contributed by atoms with Crippen LogP contribution >= 0.6 is 0 Å². The first-order valence-corrected chi connectivity index (χ1v) is 5.94. The van der Waals surface area contributed by atoms with Crippen LogP contribution in [-0.2, 0) is 0 Å². The van der Waals surface area contributed by atoms with Gasteiger partial charge in [0.25, 0.3) is 0 Å². The number of aromatic nitrogens is 1. The highest BCUT2D eigenvalue weighted by Crippen LogP contribution is 2.17. The highest BCUT2D eigenvalue weighted by Gasteiger charge is 2.14. The fourth-order valence-electron chi connectivity index (χ4n) is 1.80. The van der Waals surface area contributed by atoms with E-state index in [1.807, 2.05) is 30.3 Å². The SMILES string of the molecule is OC[C@H](Nc1cncc(B(O)O)c1)c1ccccc1. The van der Waals surface area contributed by atoms with E-state index >= 15 is 0 Å². The second-order valence-electron chi connectivity index (χ2n) is 4.17. The van der Waals surface area contributed by atoms with Gasteiger partial charge in [0.1, 0.15) is 0 Å². The number of hydrogen-bond acceptors (Lipinski definition) is 5. The minimum atomic E-state index is -1.56. The summed E-state index contributed by atoms with van der Waals surface area (Å²) in [6.45, 7) is -0.0735. The van der Waals surface area contributed by atoms with Gasteiger partial charge in [0, 0.05) is 17.9 Å². The van der Waals surface area contributed by atoms with Crippen molar-refractivity contribution in [3.8, 4) is 0 Å². The number of hydrogen-bond donors (Lipinski definition) is 4. The van der Waals surface area contributed by atoms with Gasteiger partial charge in [0.05, 0.1) is 18.3 Å². The van der Waals surface area contributed by atoms with Crippen molar-refractivity contribution in [3.63, 3.8) is 0 Å². The van der Waals surface area contributed by atoms with Crippen molar-refractivity contribution in [1.29, 1.82) is 0 Å². The number of aliphatic hydroxyl groups excluding tert-OH is 1. The number of nitrogens with one attached hydrogen (secondary N) is 1. The molecule has 1 atom stereocenters. The van der Waals surface area contributed by atoms with Gasteiger partial charge in [-0.1, -0.05) is 30.3 Å². The molecule has 98 valence electrons. The molecule has 1 heterocycles. The summed E-state index contributed by atoms with van der Waals surface area (Å²) in [6.07, 6.45) is 2.95. The zero-order chi connectivity index (χ0) is 13.7. The lowest BCUT2D eigenvalue weighted by atomic mass is 9.81. The normalized spacial score (nSPS) is 11.9. The molecule has 19 heavy (non-hydrogen) atoms. The summed E-state index contributed by atoms with van der Waals surface area (Å²) in [6, 6.07) is 10.8. The van der Waals surface area contributed by atoms with E-state index in [-0.39, 0.29) is 12.6 Å². The van der Waals surface area contributed by atoms with Gasteiger partial charge in [0.15, 0.2) is 0 Å². The van der Waals surface area contributed by atoms with Crippen molar-refractivity contribution in [2.75, 3.05) is 11.9 Å². The monoisotopic (exact) mass is 258 g/mol. The topological polar surface area (TPSA) is 85.6 Å². The molecule has 0 aliphatic heterocycles. The van der Waals surface area contributed by atoms with Gasteiger partial charge in [0.2, 0.25) is 0 Å². The van der Waals surface area contributed by atoms with Gasteiger partial charge in [-0.05, 0) is 11.6 Å². The Morgan fingerprint density at radius 2 is 1.89 bits per heavy atom. The molecule has 2 rings (SSSR count). The third-order valence-corrected chi connectivity index (χ3v) is 2.78. The van der Waals surface area contributed by atoms with Crippen LogP contribution in [-0.4, -0.2) is 33.9 Å². The van der Waals surface area contributed by atoms with Gasteiger partial charge >= 0.3 is 7.12 Å². The molecule has 0 aliphatic carbocycles. The first-order valence-electron chi connectivity index (χ1n) is 5.94. The van der Waals surface area contributed by atoms with Gasteiger partial charge in [-0.25, -0.2) is 0 Å². The van der Waals surface area contributed by atoms with Crippen LogP contribution in [0.2, 0.25) is 0 Å². The number of rotatable bonds is 5. The Morgan fingerprint density at radius 3 is 2.53 bits per heavy atom. The molecule has 0 fully saturated rings. The summed E-state index contributed by atoms with van der Waals surface area (Å²) in [5.41, 5.74) is 1.86. The zero-order valence-corrected chi connectivity index (χ0v) is 10.3. The number of benzene rings is 1. The smallest absolute Gasteiger partial charge is 0.423 e. The predicted molar refractivity (Wildman–Crippen MR) is 74.0 cm³/mol. The third-order valence-electron chi connectivity index (χ3n) is 2.78. The van der Waals surface area contributed by atoms with Crippen LogP contribution in [0.5, 0.6) is 0 Å². The molecule has 0 spiro atoms. The van der Waals surface area contributed by atoms with E-state index in [4.69, 9.17) is 10.0 Å². The maximum absolute atomic E-state index is 9.44. The molecule has 0 saturated heterocycles. The maximum Gasteiger partial charge on any atom is 0.490 e. The molecule has 1 aromatic heterocycles. The lowest BCUT2D eigenvalue weighted by molar-refractivity contribution is 0.276. The third kappa shape index (κ3) is 3.54. The molecular weight excluding hydrogens is 243 g/mol. The van der Waals surface area contributed by atoms with Crippen LogP contribution in [0.15, 0.2) is 48.8 Å². The Morgan fingerprint density at radius 1 is 1.16 bits per heavy atom. The molecule has 0 saturated carbocycles. The van der Waals surface area contributed by atoms with Crippen molar-refractivity contribution in [2.45, 2.75) is 6.04 Å². The second-order valence-corrected chi connectivity index (χ2v) is 4.17. The molecule has 5 nitrogen and oxygen atoms in total. The molecule has 6 heteroatoms. The molecule has 1 aromatic carbocycles. The summed E-state index contributed by atoms with van der Waals surface area (Å²) in [5.74, 6) is 0. The van der Waals surface area contributed by atoms with E-state index < -0.39 is 7.12 Å². The van der Waals surface area contributed by atoms with Crippen molar-refractivity contribution in [3.05, 3.63) is 54.4 Å².